The third-order valence-electron chi connectivity index (χ3n) is 6.75. The van der Waals surface area contributed by atoms with E-state index in [2.05, 4.69) is 4.98 Å². The van der Waals surface area contributed by atoms with Gasteiger partial charge >= 0.3 is 0 Å². The van der Waals surface area contributed by atoms with Gasteiger partial charge in [-0.25, -0.2) is 9.88 Å². The van der Waals surface area contributed by atoms with Gasteiger partial charge in [0.25, 0.3) is 17.5 Å². The standard InChI is InChI=1S/C28H24N4O6/c1-3-17(2)30(27(34)19-10-14-21(15-11-19)32(36)37)23-16-25(33)31(28(23)35)20-12-8-18(9-13-20)26-29-22-6-4-5-7-24(22)38-26/h4-15,17,23H,3,16H2,1-2H3. The van der Waals surface area contributed by atoms with E-state index in [4.69, 9.17) is 4.42 Å². The molecule has 0 aliphatic carbocycles. The number of hydrogen-bond acceptors (Lipinski definition) is 7. The van der Waals surface area contributed by atoms with Crippen molar-refractivity contribution in [1.29, 1.82) is 0 Å². The van der Waals surface area contributed by atoms with Crippen LogP contribution in [0.4, 0.5) is 11.4 Å². The van der Waals surface area contributed by atoms with Crippen LogP contribution in [-0.4, -0.2) is 44.6 Å². The summed E-state index contributed by atoms with van der Waals surface area (Å²) in [5.41, 5.74) is 2.52. The van der Waals surface area contributed by atoms with Gasteiger partial charge in [-0.3, -0.25) is 24.5 Å². The molecule has 3 aromatic carbocycles. The number of nitro benzene ring substituents is 1. The fourth-order valence-corrected chi connectivity index (χ4v) is 4.57. The summed E-state index contributed by atoms with van der Waals surface area (Å²) in [5.74, 6) is -0.959. The monoisotopic (exact) mass is 512 g/mol. The molecule has 4 aromatic rings. The summed E-state index contributed by atoms with van der Waals surface area (Å²) in [5, 5.41) is 11.0. The maximum atomic E-state index is 13.5. The second kappa shape index (κ2) is 9.89. The van der Waals surface area contributed by atoms with Gasteiger partial charge in [-0.2, -0.15) is 0 Å². The van der Waals surface area contributed by atoms with Crippen molar-refractivity contribution in [3.8, 4) is 11.5 Å². The Morgan fingerprint density at radius 1 is 1.11 bits per heavy atom. The molecule has 0 bridgehead atoms. The number of nitrogens with zero attached hydrogens (tertiary/aromatic N) is 4. The van der Waals surface area contributed by atoms with Crippen molar-refractivity contribution >= 4 is 40.2 Å². The lowest BCUT2D eigenvalue weighted by Crippen LogP contribution is -2.49. The number of benzene rings is 3. The number of nitro groups is 1. The van der Waals surface area contributed by atoms with Crippen LogP contribution in [0, 0.1) is 10.1 Å². The van der Waals surface area contributed by atoms with E-state index in [1.54, 1.807) is 31.2 Å². The third-order valence-corrected chi connectivity index (χ3v) is 6.75. The minimum atomic E-state index is -0.989. The molecule has 38 heavy (non-hydrogen) atoms. The highest BCUT2D eigenvalue weighted by molar-refractivity contribution is 6.23. The van der Waals surface area contributed by atoms with Gasteiger partial charge < -0.3 is 9.32 Å². The molecular formula is C28H24N4O6. The van der Waals surface area contributed by atoms with Crippen LogP contribution in [0.15, 0.2) is 77.2 Å². The number of hydrogen-bond donors (Lipinski definition) is 0. The Morgan fingerprint density at radius 2 is 1.79 bits per heavy atom. The van der Waals surface area contributed by atoms with E-state index in [1.807, 2.05) is 31.2 Å². The number of rotatable bonds is 7. The highest BCUT2D eigenvalue weighted by Crippen LogP contribution is 2.31. The van der Waals surface area contributed by atoms with Gasteiger partial charge in [0.1, 0.15) is 11.6 Å². The van der Waals surface area contributed by atoms with Crippen molar-refractivity contribution in [3.05, 3.63) is 88.5 Å². The molecule has 10 heteroatoms. The summed E-state index contributed by atoms with van der Waals surface area (Å²) in [4.78, 5) is 57.4. The lowest BCUT2D eigenvalue weighted by molar-refractivity contribution is -0.384. The maximum Gasteiger partial charge on any atom is 0.269 e. The average Bonchev–Trinajstić information content (AvgIpc) is 3.49. The molecule has 5 rings (SSSR count). The van der Waals surface area contributed by atoms with Gasteiger partial charge in [-0.15, -0.1) is 0 Å². The van der Waals surface area contributed by atoms with Crippen LogP contribution in [0.25, 0.3) is 22.6 Å². The van der Waals surface area contributed by atoms with Crippen molar-refractivity contribution in [2.24, 2.45) is 0 Å². The number of anilines is 1. The molecular weight excluding hydrogens is 488 g/mol. The number of fused-ring (bicyclic) bond motifs is 1. The summed E-state index contributed by atoms with van der Waals surface area (Å²) in [7, 11) is 0. The molecule has 192 valence electrons. The normalized spacial score (nSPS) is 16.2. The van der Waals surface area contributed by atoms with E-state index in [0.717, 1.165) is 10.4 Å². The van der Waals surface area contributed by atoms with Gasteiger partial charge in [0.2, 0.25) is 11.8 Å². The second-order valence-corrected chi connectivity index (χ2v) is 9.09. The minimum Gasteiger partial charge on any atom is -0.436 e. The predicted molar refractivity (Wildman–Crippen MR) is 139 cm³/mol. The summed E-state index contributed by atoms with van der Waals surface area (Å²) < 4.78 is 5.80. The fourth-order valence-electron chi connectivity index (χ4n) is 4.57. The predicted octanol–water partition coefficient (Wildman–Crippen LogP) is 4.98. The molecule has 1 saturated heterocycles. The van der Waals surface area contributed by atoms with E-state index in [-0.39, 0.29) is 23.7 Å². The molecule has 3 amide bonds. The minimum absolute atomic E-state index is 0.142. The fraction of sp³-hybridized carbons (Fsp3) is 0.214. The van der Waals surface area contributed by atoms with Crippen LogP contribution in [0.2, 0.25) is 0 Å². The Bertz CT molecular complexity index is 1510. The number of imide groups is 1. The van der Waals surface area contributed by atoms with E-state index in [0.29, 0.717) is 29.1 Å². The van der Waals surface area contributed by atoms with E-state index in [1.165, 1.54) is 29.2 Å². The molecule has 0 saturated carbocycles. The first-order chi connectivity index (χ1) is 18.3. The lowest BCUT2D eigenvalue weighted by Gasteiger charge is -2.33. The quantitative estimate of drug-likeness (QED) is 0.194. The number of carbonyl (C=O) groups is 3. The molecule has 2 heterocycles. The number of para-hydroxylation sites is 2. The Hall–Kier alpha value is -4.86. The Kier molecular flexibility index (Phi) is 6.46. The summed E-state index contributed by atoms with van der Waals surface area (Å²) >= 11 is 0. The van der Waals surface area contributed by atoms with Crippen molar-refractivity contribution in [1.82, 2.24) is 9.88 Å². The number of amides is 3. The first kappa shape index (κ1) is 24.8. The topological polar surface area (TPSA) is 127 Å². The SMILES string of the molecule is CCC(C)N(C(=O)c1ccc([N+](=O)[O-])cc1)C1CC(=O)N(c2ccc(-c3nc4ccccc4o3)cc2)C1=O. The van der Waals surface area contributed by atoms with Gasteiger partial charge in [0, 0.05) is 29.3 Å². The summed E-state index contributed by atoms with van der Waals surface area (Å²) in [6.45, 7) is 3.68. The molecule has 0 radical (unpaired) electrons. The van der Waals surface area contributed by atoms with Crippen molar-refractivity contribution in [2.75, 3.05) is 4.90 Å². The van der Waals surface area contributed by atoms with Gasteiger partial charge in [-0.05, 0) is 61.9 Å². The number of carbonyl (C=O) groups excluding carboxylic acids is 3. The Morgan fingerprint density at radius 3 is 2.42 bits per heavy atom. The molecule has 1 fully saturated rings. The summed E-state index contributed by atoms with van der Waals surface area (Å²) in [6.07, 6.45) is 0.394. The van der Waals surface area contributed by atoms with Gasteiger partial charge in [0.05, 0.1) is 17.0 Å². The molecule has 1 aromatic heterocycles. The summed E-state index contributed by atoms with van der Waals surface area (Å²) in [6, 6.07) is 18.0. The molecule has 2 atom stereocenters. The zero-order valence-electron chi connectivity index (χ0n) is 20.7. The van der Waals surface area contributed by atoms with Crippen LogP contribution in [-0.2, 0) is 9.59 Å². The van der Waals surface area contributed by atoms with Crippen molar-refractivity contribution in [2.45, 2.75) is 38.8 Å². The smallest absolute Gasteiger partial charge is 0.269 e. The van der Waals surface area contributed by atoms with Crippen molar-refractivity contribution in [3.63, 3.8) is 0 Å². The molecule has 0 spiro atoms. The number of non-ortho nitro benzene ring substituents is 1. The van der Waals surface area contributed by atoms with E-state index >= 15 is 0 Å². The average molecular weight is 513 g/mol. The highest BCUT2D eigenvalue weighted by atomic mass is 16.6. The van der Waals surface area contributed by atoms with E-state index < -0.39 is 28.7 Å². The largest absolute Gasteiger partial charge is 0.436 e. The van der Waals surface area contributed by atoms with Crippen LogP contribution in [0.5, 0.6) is 0 Å². The van der Waals surface area contributed by atoms with Gasteiger partial charge in [0.15, 0.2) is 5.58 Å². The first-order valence-corrected chi connectivity index (χ1v) is 12.2. The molecule has 0 N–H and O–H groups in total. The highest BCUT2D eigenvalue weighted by Gasteiger charge is 2.45. The number of aromatic nitrogens is 1. The second-order valence-electron chi connectivity index (χ2n) is 9.09. The molecule has 2 unspecified atom stereocenters. The van der Waals surface area contributed by atoms with Crippen LogP contribution >= 0.6 is 0 Å². The number of oxazole rings is 1. The Balaban J connectivity index is 1.40. The zero-order valence-corrected chi connectivity index (χ0v) is 20.7. The van der Waals surface area contributed by atoms with Crippen LogP contribution in [0.3, 0.4) is 0 Å². The zero-order chi connectivity index (χ0) is 27.0. The van der Waals surface area contributed by atoms with E-state index in [9.17, 15) is 24.5 Å². The third kappa shape index (κ3) is 4.40. The molecule has 10 nitrogen and oxygen atoms in total. The molecule has 1 aliphatic rings. The Labute approximate surface area is 217 Å². The first-order valence-electron chi connectivity index (χ1n) is 12.2. The molecule has 1 aliphatic heterocycles. The van der Waals surface area contributed by atoms with Gasteiger partial charge in [-0.1, -0.05) is 19.1 Å². The maximum absolute atomic E-state index is 13.5. The van der Waals surface area contributed by atoms with Crippen LogP contribution in [0.1, 0.15) is 37.0 Å². The van der Waals surface area contributed by atoms with Crippen LogP contribution < -0.4 is 4.90 Å². The van der Waals surface area contributed by atoms with Crippen molar-refractivity contribution < 1.29 is 23.7 Å². The lowest BCUT2D eigenvalue weighted by atomic mass is 10.1.